The Hall–Kier alpha value is -1.06. The highest BCUT2D eigenvalue weighted by molar-refractivity contribution is 5.38. The van der Waals surface area contributed by atoms with E-state index in [0.717, 1.165) is 36.3 Å². The van der Waals surface area contributed by atoms with E-state index in [1.807, 2.05) is 32.0 Å². The summed E-state index contributed by atoms with van der Waals surface area (Å²) < 4.78 is 5.22. The summed E-state index contributed by atoms with van der Waals surface area (Å²) in [4.78, 5) is 0. The summed E-state index contributed by atoms with van der Waals surface area (Å²) in [5.74, 6) is 0.841. The van der Waals surface area contributed by atoms with E-state index in [2.05, 4.69) is 5.32 Å². The Labute approximate surface area is 116 Å². The summed E-state index contributed by atoms with van der Waals surface area (Å²) in [6.07, 6.45) is 4.43. The van der Waals surface area contributed by atoms with Crippen LogP contribution in [0, 0.1) is 6.92 Å². The molecular formula is C16H25NO2. The second-order valence-corrected chi connectivity index (χ2v) is 5.81. The molecule has 1 heterocycles. The van der Waals surface area contributed by atoms with Crippen LogP contribution >= 0.6 is 0 Å². The minimum absolute atomic E-state index is 0.422. The lowest BCUT2D eigenvalue weighted by Gasteiger charge is -2.33. The van der Waals surface area contributed by atoms with E-state index >= 15 is 0 Å². The summed E-state index contributed by atoms with van der Waals surface area (Å²) in [5.41, 5.74) is 1.30. The molecule has 3 heteroatoms. The zero-order chi connectivity index (χ0) is 13.9. The lowest BCUT2D eigenvalue weighted by Crippen LogP contribution is -2.40. The third-order valence-electron chi connectivity index (χ3n) is 4.07. The quantitative estimate of drug-likeness (QED) is 0.877. The van der Waals surface area contributed by atoms with Crippen LogP contribution in [0.1, 0.15) is 43.7 Å². The number of nitrogens with one attached hydrogen (secondary N) is 1. The molecule has 2 atom stereocenters. The molecule has 0 bridgehead atoms. The first-order valence-corrected chi connectivity index (χ1v) is 7.14. The van der Waals surface area contributed by atoms with E-state index in [0.29, 0.717) is 6.04 Å². The van der Waals surface area contributed by atoms with E-state index in [1.165, 1.54) is 12.8 Å². The fourth-order valence-corrected chi connectivity index (χ4v) is 3.06. The fraction of sp³-hybridized carbons (Fsp3) is 0.625. The minimum atomic E-state index is -0.786. The standard InChI is InChI=1S/C16H25NO2/c1-12-10-14(19-3)7-8-15(12)16(2,18)11-13-6-4-5-9-17-13/h7-8,10,13,17-18H,4-6,9,11H2,1-3H3. The number of hydrogen-bond donors (Lipinski definition) is 2. The van der Waals surface area contributed by atoms with Gasteiger partial charge in [0.05, 0.1) is 12.7 Å². The second-order valence-electron chi connectivity index (χ2n) is 5.81. The number of benzene rings is 1. The number of aliphatic hydroxyl groups is 1. The van der Waals surface area contributed by atoms with Crippen LogP contribution in [0.25, 0.3) is 0 Å². The van der Waals surface area contributed by atoms with Crippen molar-refractivity contribution < 1.29 is 9.84 Å². The lowest BCUT2D eigenvalue weighted by atomic mass is 9.84. The second kappa shape index (κ2) is 5.93. The van der Waals surface area contributed by atoms with Gasteiger partial charge in [0.15, 0.2) is 0 Å². The Kier molecular flexibility index (Phi) is 4.48. The molecule has 1 aromatic rings. The normalized spacial score (nSPS) is 22.8. The first kappa shape index (κ1) is 14.4. The minimum Gasteiger partial charge on any atom is -0.497 e. The molecule has 1 aliphatic rings. The van der Waals surface area contributed by atoms with Crippen LogP contribution in [0.15, 0.2) is 18.2 Å². The van der Waals surface area contributed by atoms with Gasteiger partial charge in [0.25, 0.3) is 0 Å². The smallest absolute Gasteiger partial charge is 0.119 e. The number of methoxy groups -OCH3 is 1. The van der Waals surface area contributed by atoms with Crippen molar-refractivity contribution in [1.29, 1.82) is 0 Å². The van der Waals surface area contributed by atoms with Gasteiger partial charge in [0, 0.05) is 6.04 Å². The molecule has 0 radical (unpaired) electrons. The molecule has 19 heavy (non-hydrogen) atoms. The predicted molar refractivity (Wildman–Crippen MR) is 77.6 cm³/mol. The molecule has 1 aliphatic heterocycles. The lowest BCUT2D eigenvalue weighted by molar-refractivity contribution is 0.0326. The molecule has 0 saturated carbocycles. The first-order valence-electron chi connectivity index (χ1n) is 7.14. The van der Waals surface area contributed by atoms with E-state index in [4.69, 9.17) is 4.74 Å². The maximum atomic E-state index is 10.8. The van der Waals surface area contributed by atoms with Gasteiger partial charge in [0.1, 0.15) is 5.75 Å². The van der Waals surface area contributed by atoms with Crippen LogP contribution in [0.5, 0.6) is 5.75 Å². The molecule has 1 aromatic carbocycles. The highest BCUT2D eigenvalue weighted by atomic mass is 16.5. The van der Waals surface area contributed by atoms with Crippen molar-refractivity contribution in [2.75, 3.05) is 13.7 Å². The average Bonchev–Trinajstić information content (AvgIpc) is 2.38. The SMILES string of the molecule is COc1ccc(C(C)(O)CC2CCCCN2)c(C)c1. The predicted octanol–water partition coefficient (Wildman–Crippen LogP) is 2.74. The van der Waals surface area contributed by atoms with Gasteiger partial charge >= 0.3 is 0 Å². The monoisotopic (exact) mass is 263 g/mol. The van der Waals surface area contributed by atoms with Gasteiger partial charge in [-0.3, -0.25) is 0 Å². The first-order chi connectivity index (χ1) is 9.03. The number of hydrogen-bond acceptors (Lipinski definition) is 3. The summed E-state index contributed by atoms with van der Waals surface area (Å²) in [7, 11) is 1.67. The fourth-order valence-electron chi connectivity index (χ4n) is 3.06. The van der Waals surface area contributed by atoms with Crippen molar-refractivity contribution in [3.05, 3.63) is 29.3 Å². The molecule has 0 aromatic heterocycles. The third kappa shape index (κ3) is 3.48. The molecular weight excluding hydrogens is 238 g/mol. The van der Waals surface area contributed by atoms with Gasteiger partial charge in [-0.1, -0.05) is 12.5 Å². The molecule has 106 valence electrons. The van der Waals surface area contributed by atoms with Crippen molar-refractivity contribution >= 4 is 0 Å². The Balaban J connectivity index is 2.13. The maximum Gasteiger partial charge on any atom is 0.119 e. The van der Waals surface area contributed by atoms with Crippen molar-refractivity contribution in [3.8, 4) is 5.75 Å². The van der Waals surface area contributed by atoms with Crippen LogP contribution < -0.4 is 10.1 Å². The number of aryl methyl sites for hydroxylation is 1. The molecule has 1 fully saturated rings. The highest BCUT2D eigenvalue weighted by Gasteiger charge is 2.29. The molecule has 3 nitrogen and oxygen atoms in total. The van der Waals surface area contributed by atoms with Crippen molar-refractivity contribution in [1.82, 2.24) is 5.32 Å². The van der Waals surface area contributed by atoms with Gasteiger partial charge < -0.3 is 15.2 Å². The number of rotatable bonds is 4. The van der Waals surface area contributed by atoms with E-state index in [9.17, 15) is 5.11 Å². The van der Waals surface area contributed by atoms with Crippen LogP contribution in [-0.4, -0.2) is 24.8 Å². The molecule has 2 N–H and O–H groups in total. The topological polar surface area (TPSA) is 41.5 Å². The summed E-state index contributed by atoms with van der Waals surface area (Å²) in [5, 5.41) is 14.3. The zero-order valence-corrected chi connectivity index (χ0v) is 12.2. The maximum absolute atomic E-state index is 10.8. The van der Waals surface area contributed by atoms with Gasteiger partial charge in [0.2, 0.25) is 0 Å². The Bertz CT molecular complexity index is 423. The van der Waals surface area contributed by atoms with Crippen LogP contribution in [0.4, 0.5) is 0 Å². The van der Waals surface area contributed by atoms with Gasteiger partial charge in [-0.25, -0.2) is 0 Å². The summed E-state index contributed by atoms with van der Waals surface area (Å²) in [6.45, 7) is 5.01. The molecule has 2 rings (SSSR count). The molecule has 0 spiro atoms. The Morgan fingerprint density at radius 3 is 2.79 bits per heavy atom. The van der Waals surface area contributed by atoms with E-state index < -0.39 is 5.60 Å². The Morgan fingerprint density at radius 1 is 1.42 bits per heavy atom. The number of piperidine rings is 1. The molecule has 0 aliphatic carbocycles. The zero-order valence-electron chi connectivity index (χ0n) is 12.2. The van der Waals surface area contributed by atoms with Crippen LogP contribution in [-0.2, 0) is 5.60 Å². The molecule has 1 saturated heterocycles. The van der Waals surface area contributed by atoms with Crippen molar-refractivity contribution in [3.63, 3.8) is 0 Å². The van der Waals surface area contributed by atoms with Gasteiger partial charge in [-0.15, -0.1) is 0 Å². The summed E-state index contributed by atoms with van der Waals surface area (Å²) >= 11 is 0. The van der Waals surface area contributed by atoms with E-state index in [1.54, 1.807) is 7.11 Å². The van der Waals surface area contributed by atoms with Crippen LogP contribution in [0.2, 0.25) is 0 Å². The average molecular weight is 263 g/mol. The van der Waals surface area contributed by atoms with E-state index in [-0.39, 0.29) is 0 Å². The highest BCUT2D eigenvalue weighted by Crippen LogP contribution is 2.32. The largest absolute Gasteiger partial charge is 0.497 e. The molecule has 0 amide bonds. The Morgan fingerprint density at radius 2 is 2.21 bits per heavy atom. The number of ether oxygens (including phenoxy) is 1. The molecule has 2 unspecified atom stereocenters. The van der Waals surface area contributed by atoms with Crippen molar-refractivity contribution in [2.45, 2.75) is 51.2 Å². The summed E-state index contributed by atoms with van der Waals surface area (Å²) in [6, 6.07) is 6.31. The van der Waals surface area contributed by atoms with Gasteiger partial charge in [-0.2, -0.15) is 0 Å². The third-order valence-corrected chi connectivity index (χ3v) is 4.07. The van der Waals surface area contributed by atoms with Crippen LogP contribution in [0.3, 0.4) is 0 Å². The van der Waals surface area contributed by atoms with Gasteiger partial charge in [-0.05, 0) is 62.9 Å². The van der Waals surface area contributed by atoms with Crippen molar-refractivity contribution in [2.24, 2.45) is 0 Å².